The number of thioether (sulfide) groups is 1. The molecule has 2 aliphatic rings. The molecule has 3 atom stereocenters. The van der Waals surface area contributed by atoms with E-state index in [1.165, 1.54) is 42.2 Å². The normalized spacial score (nSPS) is 25.9. The molecule has 1 aromatic heterocycles. The monoisotopic (exact) mass is 452 g/mol. The van der Waals surface area contributed by atoms with Crippen LogP contribution in [0, 0.1) is 11.7 Å². The summed E-state index contributed by atoms with van der Waals surface area (Å²) in [5, 5.41) is 3.45. The zero-order valence-corrected chi connectivity index (χ0v) is 17.4. The number of fused-ring (bicyclic) bond motifs is 1. The number of halogens is 3. The van der Waals surface area contributed by atoms with E-state index >= 15 is 0 Å². The number of hydrogen-bond donors (Lipinski definition) is 2. The van der Waals surface area contributed by atoms with Gasteiger partial charge in [-0.3, -0.25) is 9.79 Å². The van der Waals surface area contributed by atoms with Crippen LogP contribution in [0.1, 0.15) is 22.5 Å². The van der Waals surface area contributed by atoms with Gasteiger partial charge in [-0.25, -0.2) is 13.8 Å². The van der Waals surface area contributed by atoms with Crippen LogP contribution in [0.3, 0.4) is 0 Å². The van der Waals surface area contributed by atoms with Crippen molar-refractivity contribution in [3.8, 4) is 0 Å². The number of aromatic nitrogens is 1. The summed E-state index contributed by atoms with van der Waals surface area (Å²) in [6.45, 7) is -0.444. The molecule has 0 aliphatic carbocycles. The summed E-state index contributed by atoms with van der Waals surface area (Å²) in [5.74, 6) is -0.547. The van der Waals surface area contributed by atoms with Crippen LogP contribution in [0.15, 0.2) is 41.5 Å². The third-order valence-corrected chi connectivity index (χ3v) is 6.49. The molecule has 2 aromatic rings. The molecule has 0 bridgehead atoms. The van der Waals surface area contributed by atoms with Gasteiger partial charge >= 0.3 is 0 Å². The number of anilines is 1. The van der Waals surface area contributed by atoms with Gasteiger partial charge < -0.3 is 15.8 Å². The molecule has 30 heavy (non-hydrogen) atoms. The minimum absolute atomic E-state index is 0.168. The zero-order valence-electron chi connectivity index (χ0n) is 15.8. The van der Waals surface area contributed by atoms with E-state index in [1.807, 2.05) is 0 Å². The fraction of sp³-hybridized carbons (Fsp3) is 0.350. The summed E-state index contributed by atoms with van der Waals surface area (Å²) in [6, 6.07) is 7.29. The SMILES string of the molecule is NC1=N[C@@]2(c3cc(NC(=O)c4ccc(Cl)cn4)ccc3F)CC(CF)OC[C@H]2CS1. The Morgan fingerprint density at radius 1 is 1.40 bits per heavy atom. The molecule has 1 aromatic carbocycles. The number of amidine groups is 1. The van der Waals surface area contributed by atoms with Gasteiger partial charge in [-0.15, -0.1) is 0 Å². The number of nitrogens with zero attached hydrogens (tertiary/aromatic N) is 2. The number of nitrogens with two attached hydrogens (primary N) is 1. The first-order valence-electron chi connectivity index (χ1n) is 9.30. The van der Waals surface area contributed by atoms with Crippen molar-refractivity contribution in [3.05, 3.63) is 58.6 Å². The van der Waals surface area contributed by atoms with Crippen molar-refractivity contribution in [2.75, 3.05) is 24.4 Å². The summed E-state index contributed by atoms with van der Waals surface area (Å²) in [5.41, 5.74) is 5.73. The van der Waals surface area contributed by atoms with Crippen LogP contribution in [0.5, 0.6) is 0 Å². The number of ether oxygens (including phenoxy) is 1. The van der Waals surface area contributed by atoms with Crippen molar-refractivity contribution < 1.29 is 18.3 Å². The van der Waals surface area contributed by atoms with Crippen LogP contribution in [-0.2, 0) is 10.3 Å². The molecule has 1 fully saturated rings. The van der Waals surface area contributed by atoms with Gasteiger partial charge in [0.05, 0.1) is 23.3 Å². The Kier molecular flexibility index (Phi) is 5.95. The Bertz CT molecular complexity index is 991. The highest BCUT2D eigenvalue weighted by Crippen LogP contribution is 2.48. The first-order valence-corrected chi connectivity index (χ1v) is 10.7. The van der Waals surface area contributed by atoms with E-state index < -0.39 is 30.0 Å². The highest BCUT2D eigenvalue weighted by Gasteiger charge is 2.49. The molecule has 0 spiro atoms. The van der Waals surface area contributed by atoms with Gasteiger partial charge in [-0.1, -0.05) is 23.4 Å². The van der Waals surface area contributed by atoms with Crippen molar-refractivity contribution >= 4 is 40.1 Å². The number of pyridine rings is 1. The van der Waals surface area contributed by atoms with E-state index in [1.54, 1.807) is 6.07 Å². The maximum absolute atomic E-state index is 15.0. The quantitative estimate of drug-likeness (QED) is 0.737. The average Bonchev–Trinajstić information content (AvgIpc) is 2.74. The van der Waals surface area contributed by atoms with Gasteiger partial charge in [-0.05, 0) is 30.3 Å². The summed E-state index contributed by atoms with van der Waals surface area (Å²) in [4.78, 5) is 21.1. The van der Waals surface area contributed by atoms with Gasteiger partial charge in [0.15, 0.2) is 5.17 Å². The smallest absolute Gasteiger partial charge is 0.274 e. The molecule has 6 nitrogen and oxygen atoms in total. The Morgan fingerprint density at radius 3 is 2.97 bits per heavy atom. The second-order valence-corrected chi connectivity index (χ2v) is 8.68. The molecule has 0 saturated carbocycles. The van der Waals surface area contributed by atoms with E-state index in [2.05, 4.69) is 15.3 Å². The molecule has 4 rings (SSSR count). The first-order chi connectivity index (χ1) is 14.4. The van der Waals surface area contributed by atoms with Gasteiger partial charge in [0.2, 0.25) is 0 Å². The molecular weight excluding hydrogens is 434 g/mol. The van der Waals surface area contributed by atoms with Crippen LogP contribution in [0.4, 0.5) is 14.5 Å². The number of carbonyl (C=O) groups is 1. The standard InChI is InChI=1S/C20H19ClF2N4O2S/c21-12-1-4-17(25-8-12)18(28)26-13-2-3-16(23)15(5-13)20-6-14(7-22)29-9-11(20)10-30-19(24)27-20/h1-5,8,11,14H,6-7,9-10H2,(H2,24,27)(H,26,28)/t11-,14?,20-/m0/s1. The summed E-state index contributed by atoms with van der Waals surface area (Å²) in [7, 11) is 0. The molecule has 0 radical (unpaired) electrons. The highest BCUT2D eigenvalue weighted by atomic mass is 35.5. The van der Waals surface area contributed by atoms with E-state index in [9.17, 15) is 13.6 Å². The van der Waals surface area contributed by atoms with Gasteiger partial charge in [-0.2, -0.15) is 0 Å². The van der Waals surface area contributed by atoms with Crippen molar-refractivity contribution in [3.63, 3.8) is 0 Å². The summed E-state index contributed by atoms with van der Waals surface area (Å²) >= 11 is 7.17. The molecule has 1 saturated heterocycles. The Morgan fingerprint density at radius 2 is 2.23 bits per heavy atom. The minimum atomic E-state index is -1.05. The van der Waals surface area contributed by atoms with Gasteiger partial charge in [0.25, 0.3) is 5.91 Å². The molecule has 3 heterocycles. The lowest BCUT2D eigenvalue weighted by Gasteiger charge is -2.46. The summed E-state index contributed by atoms with van der Waals surface area (Å²) in [6.07, 6.45) is 0.839. The molecule has 158 valence electrons. The number of alkyl halides is 1. The molecule has 2 aliphatic heterocycles. The number of nitrogens with one attached hydrogen (secondary N) is 1. The fourth-order valence-corrected chi connectivity index (χ4v) is 4.91. The zero-order chi connectivity index (χ0) is 21.3. The van der Waals surface area contributed by atoms with Crippen molar-refractivity contribution in [1.82, 2.24) is 4.98 Å². The maximum Gasteiger partial charge on any atom is 0.274 e. The fourth-order valence-electron chi connectivity index (χ4n) is 3.83. The van der Waals surface area contributed by atoms with E-state index in [4.69, 9.17) is 22.1 Å². The minimum Gasteiger partial charge on any atom is -0.379 e. The lowest BCUT2D eigenvalue weighted by atomic mass is 9.73. The van der Waals surface area contributed by atoms with Crippen LogP contribution < -0.4 is 11.1 Å². The van der Waals surface area contributed by atoms with Crippen molar-refractivity contribution in [2.45, 2.75) is 18.1 Å². The number of hydrogen-bond acceptors (Lipinski definition) is 6. The van der Waals surface area contributed by atoms with Crippen molar-refractivity contribution in [1.29, 1.82) is 0 Å². The Balaban J connectivity index is 1.70. The summed E-state index contributed by atoms with van der Waals surface area (Å²) < 4.78 is 34.0. The van der Waals surface area contributed by atoms with Gasteiger partial charge in [0.1, 0.15) is 18.2 Å². The third-order valence-electron chi connectivity index (χ3n) is 5.31. The third kappa shape index (κ3) is 4.01. The topological polar surface area (TPSA) is 89.6 Å². The molecule has 10 heteroatoms. The number of aliphatic imine (C=N–C) groups is 1. The lowest BCUT2D eigenvalue weighted by molar-refractivity contribution is -0.0620. The van der Waals surface area contributed by atoms with Crippen molar-refractivity contribution in [2.24, 2.45) is 16.6 Å². The maximum atomic E-state index is 15.0. The number of benzene rings is 1. The molecule has 3 N–H and O–H groups in total. The largest absolute Gasteiger partial charge is 0.379 e. The molecule has 1 amide bonds. The Hall–Kier alpha value is -2.23. The number of amides is 1. The predicted octanol–water partition coefficient (Wildman–Crippen LogP) is 3.76. The van der Waals surface area contributed by atoms with Crippen LogP contribution in [0.2, 0.25) is 5.02 Å². The second kappa shape index (κ2) is 8.49. The number of rotatable bonds is 4. The Labute approximate surface area is 181 Å². The van der Waals surface area contributed by atoms with Crippen LogP contribution >= 0.6 is 23.4 Å². The van der Waals surface area contributed by atoms with Crippen LogP contribution in [0.25, 0.3) is 0 Å². The lowest BCUT2D eigenvalue weighted by Crippen LogP contribution is -2.50. The first kappa shape index (κ1) is 21.0. The predicted molar refractivity (Wildman–Crippen MR) is 113 cm³/mol. The number of carbonyl (C=O) groups excluding carboxylic acids is 1. The average molecular weight is 453 g/mol. The van der Waals surface area contributed by atoms with E-state index in [0.717, 1.165) is 0 Å². The second-order valence-electron chi connectivity index (χ2n) is 7.21. The van der Waals surface area contributed by atoms with E-state index in [0.29, 0.717) is 21.6 Å². The van der Waals surface area contributed by atoms with Gasteiger partial charge in [0, 0.05) is 35.5 Å². The van der Waals surface area contributed by atoms with E-state index in [-0.39, 0.29) is 30.2 Å². The molecular formula is C20H19ClF2N4O2S. The molecule has 1 unspecified atom stereocenters. The highest BCUT2D eigenvalue weighted by molar-refractivity contribution is 8.13. The van der Waals surface area contributed by atoms with Crippen LogP contribution in [-0.4, -0.2) is 41.2 Å².